The minimum atomic E-state index is -0.133. The molecular weight excluding hydrogens is 380 g/mol. The highest BCUT2D eigenvalue weighted by atomic mass is 16.5. The van der Waals surface area contributed by atoms with Gasteiger partial charge in [-0.05, 0) is 49.3 Å². The Hall–Kier alpha value is -2.83. The van der Waals surface area contributed by atoms with Gasteiger partial charge in [-0.2, -0.15) is 0 Å². The first-order valence-electron chi connectivity index (χ1n) is 10.7. The summed E-state index contributed by atoms with van der Waals surface area (Å²) in [6.45, 7) is 6.09. The lowest BCUT2D eigenvalue weighted by molar-refractivity contribution is -0.140. The summed E-state index contributed by atoms with van der Waals surface area (Å²) in [6.07, 6.45) is 5.20. The molecule has 1 aliphatic heterocycles. The van der Waals surface area contributed by atoms with Crippen LogP contribution >= 0.6 is 0 Å². The van der Waals surface area contributed by atoms with E-state index < -0.39 is 0 Å². The standard InChI is InChI=1S/C23H30N4O3/c1-4-24-23(26-13-15-6-5-14(2)18(11-15)30-3)25-9-10-27-21(28)19-16-7-8-17(12-16)20(19)22(27)29/h5-8,11,16-17,19-20H,4,9-10,12-13H2,1-3H3,(H2,24,25,26). The number of likely N-dealkylation sites (tertiary alicyclic amines) is 1. The Bertz CT molecular complexity index is 864. The summed E-state index contributed by atoms with van der Waals surface area (Å²) in [4.78, 5) is 31.6. The molecule has 1 aromatic rings. The molecule has 0 aromatic heterocycles. The molecule has 7 heteroatoms. The van der Waals surface area contributed by atoms with Crippen molar-refractivity contribution >= 4 is 17.8 Å². The normalized spacial score (nSPS) is 27.0. The van der Waals surface area contributed by atoms with Crippen LogP contribution in [0.15, 0.2) is 35.3 Å². The van der Waals surface area contributed by atoms with Crippen LogP contribution in [0.2, 0.25) is 0 Å². The van der Waals surface area contributed by atoms with E-state index in [0.717, 1.165) is 29.8 Å². The van der Waals surface area contributed by atoms with Crippen molar-refractivity contribution in [3.05, 3.63) is 41.5 Å². The molecule has 30 heavy (non-hydrogen) atoms. The van der Waals surface area contributed by atoms with E-state index in [1.165, 1.54) is 4.90 Å². The number of carbonyl (C=O) groups is 2. The smallest absolute Gasteiger partial charge is 0.233 e. The fourth-order valence-electron chi connectivity index (χ4n) is 4.95. The van der Waals surface area contributed by atoms with Crippen molar-refractivity contribution in [1.82, 2.24) is 15.5 Å². The minimum absolute atomic E-state index is 0.00246. The molecule has 3 aliphatic rings. The van der Waals surface area contributed by atoms with Crippen molar-refractivity contribution in [3.8, 4) is 5.75 Å². The van der Waals surface area contributed by atoms with Gasteiger partial charge in [0.15, 0.2) is 5.96 Å². The van der Waals surface area contributed by atoms with Gasteiger partial charge in [0.1, 0.15) is 5.75 Å². The maximum absolute atomic E-state index is 12.8. The lowest BCUT2D eigenvalue weighted by Crippen LogP contribution is -2.43. The highest BCUT2D eigenvalue weighted by Crippen LogP contribution is 2.52. The van der Waals surface area contributed by atoms with Crippen LogP contribution in [0.4, 0.5) is 0 Å². The maximum Gasteiger partial charge on any atom is 0.233 e. The average Bonchev–Trinajstić information content (AvgIpc) is 3.42. The van der Waals surface area contributed by atoms with Gasteiger partial charge in [0.25, 0.3) is 0 Å². The zero-order chi connectivity index (χ0) is 21.3. The lowest BCUT2D eigenvalue weighted by Gasteiger charge is -2.18. The zero-order valence-corrected chi connectivity index (χ0v) is 17.9. The summed E-state index contributed by atoms with van der Waals surface area (Å²) in [5, 5.41) is 6.46. The van der Waals surface area contributed by atoms with Crippen LogP contribution < -0.4 is 15.4 Å². The average molecular weight is 411 g/mol. The number of fused-ring (bicyclic) bond motifs is 5. The van der Waals surface area contributed by atoms with E-state index >= 15 is 0 Å². The van der Waals surface area contributed by atoms with Crippen LogP contribution in [0.5, 0.6) is 5.75 Å². The monoisotopic (exact) mass is 410 g/mol. The van der Waals surface area contributed by atoms with Gasteiger partial charge in [-0.25, -0.2) is 4.99 Å². The molecule has 0 spiro atoms. The molecule has 4 unspecified atom stereocenters. The summed E-state index contributed by atoms with van der Waals surface area (Å²) >= 11 is 0. The number of nitrogens with zero attached hydrogens (tertiary/aromatic N) is 2. The predicted octanol–water partition coefficient (Wildman–Crippen LogP) is 1.87. The Balaban J connectivity index is 1.34. The number of hydrogen-bond acceptors (Lipinski definition) is 4. The Labute approximate surface area is 177 Å². The quantitative estimate of drug-likeness (QED) is 0.310. The number of rotatable bonds is 7. The molecule has 0 radical (unpaired) electrons. The highest BCUT2D eigenvalue weighted by Gasteiger charge is 2.58. The molecule has 1 saturated heterocycles. The summed E-state index contributed by atoms with van der Waals surface area (Å²) in [6, 6.07) is 6.05. The number of aliphatic imine (C=N–C) groups is 1. The van der Waals surface area contributed by atoms with E-state index in [1.807, 2.05) is 32.0 Å². The SMILES string of the molecule is CCNC(=NCc1ccc(C)c(OC)c1)NCCN1C(=O)C2C3C=CC(C3)C2C1=O. The second-order valence-corrected chi connectivity index (χ2v) is 8.25. The maximum atomic E-state index is 12.8. The van der Waals surface area contributed by atoms with Crippen LogP contribution in [-0.2, 0) is 16.1 Å². The molecule has 160 valence electrons. The van der Waals surface area contributed by atoms with E-state index in [1.54, 1.807) is 7.11 Å². The largest absolute Gasteiger partial charge is 0.496 e. The molecule has 7 nitrogen and oxygen atoms in total. The van der Waals surface area contributed by atoms with Gasteiger partial charge >= 0.3 is 0 Å². The molecule has 2 N–H and O–H groups in total. The number of nitrogens with one attached hydrogen (secondary N) is 2. The Morgan fingerprint density at radius 3 is 2.50 bits per heavy atom. The molecule has 2 fully saturated rings. The van der Waals surface area contributed by atoms with Gasteiger partial charge in [-0.15, -0.1) is 0 Å². The molecule has 4 atom stereocenters. The van der Waals surface area contributed by atoms with Crippen molar-refractivity contribution < 1.29 is 14.3 Å². The predicted molar refractivity (Wildman–Crippen MR) is 115 cm³/mol. The number of carbonyl (C=O) groups excluding carboxylic acids is 2. The molecule has 1 aromatic carbocycles. The first-order valence-corrected chi connectivity index (χ1v) is 10.7. The first-order chi connectivity index (χ1) is 14.5. The van der Waals surface area contributed by atoms with E-state index in [9.17, 15) is 9.59 Å². The van der Waals surface area contributed by atoms with Crippen LogP contribution in [0, 0.1) is 30.6 Å². The number of guanidine groups is 1. The molecule has 1 heterocycles. The van der Waals surface area contributed by atoms with Crippen molar-refractivity contribution in [2.45, 2.75) is 26.8 Å². The number of amides is 2. The Morgan fingerprint density at radius 2 is 1.87 bits per heavy atom. The van der Waals surface area contributed by atoms with Gasteiger partial charge in [-0.3, -0.25) is 14.5 Å². The van der Waals surface area contributed by atoms with Crippen molar-refractivity contribution in [2.24, 2.45) is 28.7 Å². The molecular formula is C23H30N4O3. The molecule has 2 amide bonds. The zero-order valence-electron chi connectivity index (χ0n) is 17.9. The van der Waals surface area contributed by atoms with E-state index in [2.05, 4.69) is 27.8 Å². The van der Waals surface area contributed by atoms with Crippen LogP contribution in [-0.4, -0.2) is 49.4 Å². The number of benzene rings is 1. The number of imide groups is 1. The van der Waals surface area contributed by atoms with Gasteiger partial charge < -0.3 is 15.4 Å². The Kier molecular flexibility index (Phi) is 5.79. The minimum Gasteiger partial charge on any atom is -0.496 e. The van der Waals surface area contributed by atoms with E-state index in [-0.39, 0.29) is 35.5 Å². The second kappa shape index (κ2) is 8.50. The Morgan fingerprint density at radius 1 is 1.17 bits per heavy atom. The summed E-state index contributed by atoms with van der Waals surface area (Å²) in [7, 11) is 1.66. The third-order valence-electron chi connectivity index (χ3n) is 6.43. The molecule has 2 aliphatic carbocycles. The third-order valence-corrected chi connectivity index (χ3v) is 6.43. The number of aryl methyl sites for hydroxylation is 1. The van der Waals surface area contributed by atoms with E-state index in [4.69, 9.17) is 4.74 Å². The van der Waals surface area contributed by atoms with Gasteiger partial charge in [0.2, 0.25) is 11.8 Å². The lowest BCUT2D eigenvalue weighted by atomic mass is 9.85. The van der Waals surface area contributed by atoms with Crippen molar-refractivity contribution in [2.75, 3.05) is 26.7 Å². The van der Waals surface area contributed by atoms with Crippen LogP contribution in [0.1, 0.15) is 24.5 Å². The molecule has 1 saturated carbocycles. The summed E-state index contributed by atoms with van der Waals surface area (Å²) < 4.78 is 5.38. The van der Waals surface area contributed by atoms with Gasteiger partial charge in [0, 0.05) is 19.6 Å². The van der Waals surface area contributed by atoms with Gasteiger partial charge in [0.05, 0.1) is 25.5 Å². The second-order valence-electron chi connectivity index (χ2n) is 8.25. The fourth-order valence-corrected chi connectivity index (χ4v) is 4.95. The van der Waals surface area contributed by atoms with Crippen molar-refractivity contribution in [3.63, 3.8) is 0 Å². The third kappa shape index (κ3) is 3.68. The highest BCUT2D eigenvalue weighted by molar-refractivity contribution is 6.06. The van der Waals surface area contributed by atoms with E-state index in [0.29, 0.717) is 25.6 Å². The number of allylic oxidation sites excluding steroid dienone is 2. The number of ether oxygens (including phenoxy) is 1. The summed E-state index contributed by atoms with van der Waals surface area (Å²) in [5.74, 6) is 1.74. The fraction of sp³-hybridized carbons (Fsp3) is 0.522. The van der Waals surface area contributed by atoms with Gasteiger partial charge in [-0.1, -0.05) is 24.3 Å². The topological polar surface area (TPSA) is 83.0 Å². The molecule has 4 rings (SSSR count). The molecule has 2 bridgehead atoms. The number of hydrogen-bond donors (Lipinski definition) is 2. The van der Waals surface area contributed by atoms with Crippen LogP contribution in [0.3, 0.4) is 0 Å². The first kappa shape index (κ1) is 20.4. The van der Waals surface area contributed by atoms with Crippen LogP contribution in [0.25, 0.3) is 0 Å². The summed E-state index contributed by atoms with van der Waals surface area (Å²) in [5.41, 5.74) is 2.14. The number of methoxy groups -OCH3 is 1. The van der Waals surface area contributed by atoms with Crippen molar-refractivity contribution in [1.29, 1.82) is 0 Å².